The third-order valence-electron chi connectivity index (χ3n) is 3.66. The summed E-state index contributed by atoms with van der Waals surface area (Å²) in [6, 6.07) is 1.66. The van der Waals surface area contributed by atoms with Crippen molar-refractivity contribution in [3.63, 3.8) is 0 Å². The molecule has 0 bridgehead atoms. The van der Waals surface area contributed by atoms with Crippen LogP contribution in [0.15, 0.2) is 12.1 Å². The van der Waals surface area contributed by atoms with E-state index in [1.54, 1.807) is 0 Å². The number of hydrogen-bond acceptors (Lipinski definition) is 3. The highest BCUT2D eigenvalue weighted by Crippen LogP contribution is 2.27. The van der Waals surface area contributed by atoms with E-state index >= 15 is 0 Å². The molecule has 0 spiro atoms. The number of benzene rings is 1. The molecule has 0 amide bonds. The monoisotopic (exact) mass is 304 g/mol. The predicted octanol–water partition coefficient (Wildman–Crippen LogP) is 3.47. The molecule has 3 N–H and O–H groups in total. The fraction of sp³-hybridized carbons (Fsp3) is 0.571. The third-order valence-corrected chi connectivity index (χ3v) is 3.95. The molecule has 1 aromatic carbocycles. The zero-order chi connectivity index (χ0) is 14.5. The Balaban J connectivity index is 1.95. The molecule has 1 aliphatic heterocycles. The fourth-order valence-electron chi connectivity index (χ4n) is 2.56. The highest BCUT2D eigenvalue weighted by Gasteiger charge is 2.19. The molecule has 20 heavy (non-hydrogen) atoms. The van der Waals surface area contributed by atoms with Gasteiger partial charge in [0.05, 0.1) is 11.1 Å². The van der Waals surface area contributed by atoms with Gasteiger partial charge in [-0.3, -0.25) is 11.3 Å². The minimum Gasteiger partial charge on any atom is -0.378 e. The van der Waals surface area contributed by atoms with E-state index in [0.29, 0.717) is 12.5 Å². The van der Waals surface area contributed by atoms with Crippen molar-refractivity contribution < 1.29 is 13.5 Å². The van der Waals surface area contributed by atoms with Crippen LogP contribution in [-0.2, 0) is 4.74 Å². The standard InChI is InChI=1S/C14H19ClF2N2O/c15-11-8-12(16)10(7-13(11)17)14(19-18)5-1-3-9-4-2-6-20-9/h7-9,14,19H,1-6,18H2. The van der Waals surface area contributed by atoms with Gasteiger partial charge in [0.2, 0.25) is 0 Å². The predicted molar refractivity (Wildman–Crippen MR) is 74.3 cm³/mol. The molecule has 0 radical (unpaired) electrons. The average Bonchev–Trinajstić information content (AvgIpc) is 2.93. The second-order valence-corrected chi connectivity index (χ2v) is 5.48. The van der Waals surface area contributed by atoms with Gasteiger partial charge in [-0.25, -0.2) is 8.78 Å². The number of rotatable bonds is 6. The van der Waals surface area contributed by atoms with E-state index in [0.717, 1.165) is 44.4 Å². The van der Waals surface area contributed by atoms with Crippen LogP contribution in [0.4, 0.5) is 8.78 Å². The van der Waals surface area contributed by atoms with Crippen molar-refractivity contribution in [2.45, 2.75) is 44.2 Å². The van der Waals surface area contributed by atoms with Crippen molar-refractivity contribution in [1.29, 1.82) is 0 Å². The smallest absolute Gasteiger partial charge is 0.142 e. The molecule has 6 heteroatoms. The Morgan fingerprint density at radius 2 is 2.20 bits per heavy atom. The van der Waals surface area contributed by atoms with E-state index in [4.69, 9.17) is 22.2 Å². The summed E-state index contributed by atoms with van der Waals surface area (Å²) >= 11 is 5.54. The summed E-state index contributed by atoms with van der Waals surface area (Å²) in [5.41, 5.74) is 2.75. The quantitative estimate of drug-likeness (QED) is 0.480. The molecule has 0 saturated carbocycles. The van der Waals surface area contributed by atoms with Crippen molar-refractivity contribution in [3.8, 4) is 0 Å². The second-order valence-electron chi connectivity index (χ2n) is 5.07. The Hall–Kier alpha value is -0.750. The average molecular weight is 305 g/mol. The third kappa shape index (κ3) is 3.88. The Kier molecular flexibility index (Phi) is 5.72. The summed E-state index contributed by atoms with van der Waals surface area (Å²) in [6.07, 6.45) is 4.83. The maximum Gasteiger partial charge on any atom is 0.142 e. The second kappa shape index (κ2) is 7.31. The van der Waals surface area contributed by atoms with Gasteiger partial charge in [-0.05, 0) is 44.2 Å². The molecule has 2 unspecified atom stereocenters. The summed E-state index contributed by atoms with van der Waals surface area (Å²) in [5.74, 6) is 4.27. The normalized spacial score (nSPS) is 20.3. The van der Waals surface area contributed by atoms with E-state index in [1.807, 2.05) is 0 Å². The van der Waals surface area contributed by atoms with Gasteiger partial charge in [0.25, 0.3) is 0 Å². The van der Waals surface area contributed by atoms with Crippen molar-refractivity contribution >= 4 is 11.6 Å². The van der Waals surface area contributed by atoms with E-state index in [1.165, 1.54) is 0 Å². The molecule has 0 aliphatic carbocycles. The van der Waals surface area contributed by atoms with E-state index < -0.39 is 17.7 Å². The Bertz CT molecular complexity index is 453. The van der Waals surface area contributed by atoms with E-state index in [9.17, 15) is 8.78 Å². The van der Waals surface area contributed by atoms with Crippen LogP contribution in [0.1, 0.15) is 43.7 Å². The lowest BCUT2D eigenvalue weighted by Gasteiger charge is -2.18. The van der Waals surface area contributed by atoms with Gasteiger partial charge < -0.3 is 4.74 Å². The Morgan fingerprint density at radius 3 is 2.85 bits per heavy atom. The van der Waals surface area contributed by atoms with Gasteiger partial charge >= 0.3 is 0 Å². The van der Waals surface area contributed by atoms with Gasteiger partial charge in [0.1, 0.15) is 11.6 Å². The number of hydrogen-bond donors (Lipinski definition) is 2. The molecule has 3 nitrogen and oxygen atoms in total. The topological polar surface area (TPSA) is 47.3 Å². The van der Waals surface area contributed by atoms with Crippen molar-refractivity contribution in [2.75, 3.05) is 6.61 Å². The first-order valence-corrected chi connectivity index (χ1v) is 7.21. The highest BCUT2D eigenvalue weighted by molar-refractivity contribution is 6.30. The molecule has 1 fully saturated rings. The fourth-order valence-corrected chi connectivity index (χ4v) is 2.71. The van der Waals surface area contributed by atoms with Gasteiger partial charge in [0.15, 0.2) is 0 Å². The summed E-state index contributed by atoms with van der Waals surface area (Å²) in [6.45, 7) is 0.820. The lowest BCUT2D eigenvalue weighted by atomic mass is 9.99. The maximum absolute atomic E-state index is 13.8. The van der Waals surface area contributed by atoms with Gasteiger partial charge in [0, 0.05) is 18.2 Å². The van der Waals surface area contributed by atoms with Gasteiger partial charge in [-0.15, -0.1) is 0 Å². The zero-order valence-corrected chi connectivity index (χ0v) is 11.9. The first-order valence-electron chi connectivity index (χ1n) is 6.84. The molecule has 0 aromatic heterocycles. The van der Waals surface area contributed by atoms with Crippen LogP contribution in [0.3, 0.4) is 0 Å². The molecule has 2 rings (SSSR count). The lowest BCUT2D eigenvalue weighted by Crippen LogP contribution is -2.29. The molecular formula is C14H19ClF2N2O. The van der Waals surface area contributed by atoms with Crippen LogP contribution < -0.4 is 11.3 Å². The molecule has 1 saturated heterocycles. The van der Waals surface area contributed by atoms with Crippen LogP contribution in [-0.4, -0.2) is 12.7 Å². The number of hydrazine groups is 1. The molecular weight excluding hydrogens is 286 g/mol. The zero-order valence-electron chi connectivity index (χ0n) is 11.2. The molecule has 1 heterocycles. The largest absolute Gasteiger partial charge is 0.378 e. The van der Waals surface area contributed by atoms with Crippen molar-refractivity contribution in [1.82, 2.24) is 5.43 Å². The summed E-state index contributed by atoms with van der Waals surface area (Å²) in [5, 5.41) is -0.221. The molecule has 1 aliphatic rings. The Labute approximate surface area is 122 Å². The minimum atomic E-state index is -0.637. The van der Waals surface area contributed by atoms with E-state index in [2.05, 4.69) is 5.43 Å². The van der Waals surface area contributed by atoms with Crippen LogP contribution in [0.5, 0.6) is 0 Å². The molecule has 112 valence electrons. The molecule has 1 aromatic rings. The number of nitrogens with one attached hydrogen (secondary N) is 1. The molecule has 2 atom stereocenters. The first kappa shape index (κ1) is 15.6. The summed E-state index contributed by atoms with van der Waals surface area (Å²) in [4.78, 5) is 0. The van der Waals surface area contributed by atoms with Crippen LogP contribution >= 0.6 is 11.6 Å². The Morgan fingerprint density at radius 1 is 1.40 bits per heavy atom. The minimum absolute atomic E-state index is 0.210. The van der Waals surface area contributed by atoms with Gasteiger partial charge in [-0.1, -0.05) is 11.6 Å². The number of ether oxygens (including phenoxy) is 1. The number of nitrogens with two attached hydrogens (primary N) is 1. The van der Waals surface area contributed by atoms with Crippen LogP contribution in [0.25, 0.3) is 0 Å². The first-order chi connectivity index (χ1) is 9.61. The number of halogens is 3. The summed E-state index contributed by atoms with van der Waals surface area (Å²) in [7, 11) is 0. The lowest BCUT2D eigenvalue weighted by molar-refractivity contribution is 0.101. The van der Waals surface area contributed by atoms with Crippen LogP contribution in [0.2, 0.25) is 5.02 Å². The van der Waals surface area contributed by atoms with E-state index in [-0.39, 0.29) is 10.6 Å². The SMILES string of the molecule is NNC(CCCC1CCCO1)c1cc(F)c(Cl)cc1F. The summed E-state index contributed by atoms with van der Waals surface area (Å²) < 4.78 is 32.8. The van der Waals surface area contributed by atoms with Crippen molar-refractivity contribution in [2.24, 2.45) is 5.84 Å². The van der Waals surface area contributed by atoms with Crippen LogP contribution in [0, 0.1) is 11.6 Å². The highest BCUT2D eigenvalue weighted by atomic mass is 35.5. The maximum atomic E-state index is 13.8. The van der Waals surface area contributed by atoms with Gasteiger partial charge in [-0.2, -0.15) is 0 Å². The van der Waals surface area contributed by atoms with Crippen molar-refractivity contribution in [3.05, 3.63) is 34.4 Å².